The fourth-order valence-electron chi connectivity index (χ4n) is 2.61. The molecule has 0 saturated heterocycles. The molecule has 0 bridgehead atoms. The van der Waals surface area contributed by atoms with E-state index < -0.39 is 10.0 Å². The lowest BCUT2D eigenvalue weighted by molar-refractivity contribution is -0.114. The Hall–Kier alpha value is -1.99. The van der Waals surface area contributed by atoms with Crippen LogP contribution in [0.2, 0.25) is 0 Å². The van der Waals surface area contributed by atoms with Gasteiger partial charge in [-0.3, -0.25) is 9.10 Å². The number of benzene rings is 2. The van der Waals surface area contributed by atoms with Crippen molar-refractivity contribution in [2.24, 2.45) is 0 Å². The van der Waals surface area contributed by atoms with E-state index in [1.54, 1.807) is 23.9 Å². The van der Waals surface area contributed by atoms with Crippen LogP contribution in [0.5, 0.6) is 0 Å². The van der Waals surface area contributed by atoms with Gasteiger partial charge in [-0.25, -0.2) is 8.42 Å². The zero-order chi connectivity index (χ0) is 19.2. The highest BCUT2D eigenvalue weighted by atomic mass is 32.2. The highest BCUT2D eigenvalue weighted by Crippen LogP contribution is 2.27. The maximum Gasteiger partial charge on any atom is 0.245 e. The minimum absolute atomic E-state index is 0.263. The van der Waals surface area contributed by atoms with E-state index in [0.29, 0.717) is 17.8 Å². The fraction of sp³-hybridized carbons (Fsp3) is 0.316. The number of anilines is 2. The van der Waals surface area contributed by atoms with Crippen molar-refractivity contribution in [3.8, 4) is 0 Å². The number of sulfonamides is 1. The first-order valence-corrected chi connectivity index (χ1v) is 11.3. The summed E-state index contributed by atoms with van der Waals surface area (Å²) >= 11 is 1.62. The number of nitrogens with one attached hydrogen (secondary N) is 1. The summed E-state index contributed by atoms with van der Waals surface area (Å²) in [5, 5.41) is 2.84. The van der Waals surface area contributed by atoms with Crippen LogP contribution >= 0.6 is 11.8 Å². The lowest BCUT2D eigenvalue weighted by atomic mass is 10.1. The minimum atomic E-state index is -3.59. The third kappa shape index (κ3) is 5.25. The molecule has 2 aromatic carbocycles. The second-order valence-electron chi connectivity index (χ2n) is 5.73. The maximum atomic E-state index is 12.6. The Morgan fingerprint density at radius 1 is 1.08 bits per heavy atom. The summed E-state index contributed by atoms with van der Waals surface area (Å²) in [6, 6.07) is 14.8. The van der Waals surface area contributed by atoms with Gasteiger partial charge in [0.2, 0.25) is 15.9 Å². The van der Waals surface area contributed by atoms with Crippen LogP contribution in [0.15, 0.2) is 53.4 Å². The number of rotatable bonds is 8. The molecule has 140 valence electrons. The van der Waals surface area contributed by atoms with Crippen LogP contribution in [0.25, 0.3) is 0 Å². The van der Waals surface area contributed by atoms with Crippen molar-refractivity contribution in [1.29, 1.82) is 0 Å². The van der Waals surface area contributed by atoms with Gasteiger partial charge in [-0.05, 0) is 35.9 Å². The second-order valence-corrected chi connectivity index (χ2v) is 8.94. The average Bonchev–Trinajstić information content (AvgIpc) is 2.60. The number of carbonyl (C=O) groups is 1. The summed E-state index contributed by atoms with van der Waals surface area (Å²) in [6.45, 7) is 3.73. The Bertz CT molecular complexity index is 867. The summed E-state index contributed by atoms with van der Waals surface area (Å²) in [5.41, 5.74) is 2.12. The molecule has 0 saturated carbocycles. The molecule has 5 nitrogen and oxygen atoms in total. The molecule has 0 fully saturated rings. The normalized spacial score (nSPS) is 11.2. The molecule has 26 heavy (non-hydrogen) atoms. The van der Waals surface area contributed by atoms with Gasteiger partial charge in [0.1, 0.15) is 6.54 Å². The summed E-state index contributed by atoms with van der Waals surface area (Å²) in [6.07, 6.45) is 1.80. The first-order valence-electron chi connectivity index (χ1n) is 8.44. The molecule has 1 amide bonds. The number of thioether (sulfide) groups is 1. The van der Waals surface area contributed by atoms with Crippen molar-refractivity contribution in [2.45, 2.75) is 25.2 Å². The molecular weight excluding hydrogens is 368 g/mol. The van der Waals surface area contributed by atoms with Crippen LogP contribution in [-0.2, 0) is 21.2 Å². The highest BCUT2D eigenvalue weighted by molar-refractivity contribution is 7.99. The van der Waals surface area contributed by atoms with Crippen molar-refractivity contribution in [3.63, 3.8) is 0 Å². The largest absolute Gasteiger partial charge is 0.323 e. The molecule has 0 radical (unpaired) electrons. The lowest BCUT2D eigenvalue weighted by Crippen LogP contribution is -2.38. The number of nitrogens with zero attached hydrogens (tertiary/aromatic N) is 1. The standard InChI is InChI=1S/C19H24N2O3S2/c1-4-15-10-6-8-12-17(15)21(26(3,23)24)14-19(22)20-16-11-7-9-13-18(16)25-5-2/h6-13H,4-5,14H2,1-3H3,(H,20,22). The molecule has 0 atom stereocenters. The van der Waals surface area contributed by atoms with Crippen LogP contribution < -0.4 is 9.62 Å². The molecule has 0 aliphatic carbocycles. The summed E-state index contributed by atoms with van der Waals surface area (Å²) in [4.78, 5) is 13.5. The molecule has 0 heterocycles. The Morgan fingerprint density at radius 3 is 2.38 bits per heavy atom. The third-order valence-electron chi connectivity index (χ3n) is 3.79. The van der Waals surface area contributed by atoms with Gasteiger partial charge >= 0.3 is 0 Å². The first-order chi connectivity index (χ1) is 12.4. The number of para-hydroxylation sites is 2. The van der Waals surface area contributed by atoms with Gasteiger partial charge in [0.05, 0.1) is 17.6 Å². The minimum Gasteiger partial charge on any atom is -0.323 e. The SMILES string of the molecule is CCSc1ccccc1NC(=O)CN(c1ccccc1CC)S(C)(=O)=O. The third-order valence-corrected chi connectivity index (χ3v) is 5.87. The maximum absolute atomic E-state index is 12.6. The summed E-state index contributed by atoms with van der Waals surface area (Å²) in [7, 11) is -3.59. The van der Waals surface area contributed by atoms with E-state index in [0.717, 1.165) is 26.8 Å². The van der Waals surface area contributed by atoms with Crippen LogP contribution in [-0.4, -0.2) is 32.9 Å². The van der Waals surface area contributed by atoms with Crippen LogP contribution in [0.1, 0.15) is 19.4 Å². The second kappa shape index (κ2) is 9.09. The predicted octanol–water partition coefficient (Wildman–Crippen LogP) is 3.77. The van der Waals surface area contributed by atoms with E-state index in [1.165, 1.54) is 0 Å². The van der Waals surface area contributed by atoms with Crippen LogP contribution in [0, 0.1) is 0 Å². The molecule has 0 aliphatic rings. The van der Waals surface area contributed by atoms with Crippen molar-refractivity contribution in [1.82, 2.24) is 0 Å². The number of amides is 1. The predicted molar refractivity (Wildman–Crippen MR) is 109 cm³/mol. The van der Waals surface area contributed by atoms with Gasteiger partial charge in [-0.1, -0.05) is 44.2 Å². The zero-order valence-electron chi connectivity index (χ0n) is 15.2. The van der Waals surface area contributed by atoms with E-state index in [-0.39, 0.29) is 12.5 Å². The molecule has 1 N–H and O–H groups in total. The monoisotopic (exact) mass is 392 g/mol. The van der Waals surface area contributed by atoms with E-state index in [9.17, 15) is 13.2 Å². The lowest BCUT2D eigenvalue weighted by Gasteiger charge is -2.24. The van der Waals surface area contributed by atoms with E-state index in [2.05, 4.69) is 5.32 Å². The van der Waals surface area contributed by atoms with Crippen LogP contribution in [0.3, 0.4) is 0 Å². The molecule has 7 heteroatoms. The summed E-state index contributed by atoms with van der Waals surface area (Å²) in [5.74, 6) is 0.511. The van der Waals surface area contributed by atoms with Gasteiger partial charge in [0.15, 0.2) is 0 Å². The molecule has 2 aromatic rings. The Labute approximate surface area is 159 Å². The number of carbonyl (C=O) groups excluding carboxylic acids is 1. The molecule has 0 aliphatic heterocycles. The smallest absolute Gasteiger partial charge is 0.245 e. The molecule has 2 rings (SSSR count). The van der Waals surface area contributed by atoms with Crippen molar-refractivity contribution in [3.05, 3.63) is 54.1 Å². The topological polar surface area (TPSA) is 66.5 Å². The van der Waals surface area contributed by atoms with Gasteiger partial charge < -0.3 is 5.32 Å². The van der Waals surface area contributed by atoms with E-state index in [1.807, 2.05) is 50.2 Å². The van der Waals surface area contributed by atoms with Crippen molar-refractivity contribution < 1.29 is 13.2 Å². The number of hydrogen-bond donors (Lipinski definition) is 1. The van der Waals surface area contributed by atoms with Crippen LogP contribution in [0.4, 0.5) is 11.4 Å². The Balaban J connectivity index is 2.26. The highest BCUT2D eigenvalue weighted by Gasteiger charge is 2.23. The molecule has 0 aromatic heterocycles. The van der Waals surface area contributed by atoms with Gasteiger partial charge in [0, 0.05) is 4.90 Å². The first kappa shape index (κ1) is 20.3. The fourth-order valence-corrected chi connectivity index (χ4v) is 4.25. The van der Waals surface area contributed by atoms with Gasteiger partial charge in [0.25, 0.3) is 0 Å². The van der Waals surface area contributed by atoms with Gasteiger partial charge in [-0.15, -0.1) is 11.8 Å². The molecule has 0 spiro atoms. The van der Waals surface area contributed by atoms with Crippen molar-refractivity contribution in [2.75, 3.05) is 28.2 Å². The molecular formula is C19H24N2O3S2. The average molecular weight is 393 g/mol. The van der Waals surface area contributed by atoms with E-state index in [4.69, 9.17) is 0 Å². The Kier molecular flexibility index (Phi) is 7.11. The number of aryl methyl sites for hydroxylation is 1. The summed E-state index contributed by atoms with van der Waals surface area (Å²) < 4.78 is 25.8. The zero-order valence-corrected chi connectivity index (χ0v) is 16.9. The van der Waals surface area contributed by atoms with E-state index >= 15 is 0 Å². The van der Waals surface area contributed by atoms with Crippen molar-refractivity contribution >= 4 is 39.1 Å². The molecule has 0 unspecified atom stereocenters. The Morgan fingerprint density at radius 2 is 1.73 bits per heavy atom. The number of hydrogen-bond acceptors (Lipinski definition) is 4. The van der Waals surface area contributed by atoms with Gasteiger partial charge in [-0.2, -0.15) is 0 Å². The quantitative estimate of drug-likeness (QED) is 0.695.